The van der Waals surface area contributed by atoms with E-state index in [1.54, 1.807) is 0 Å². The van der Waals surface area contributed by atoms with Gasteiger partial charge in [0, 0.05) is 6.54 Å². The number of fused-ring (bicyclic) bond motifs is 1. The molecule has 1 saturated carbocycles. The monoisotopic (exact) mass is 187 g/mol. The molecule has 2 aliphatic rings. The molecule has 12 heavy (non-hydrogen) atoms. The summed E-state index contributed by atoms with van der Waals surface area (Å²) in [5.74, 6) is 0.406. The number of hydrogen-bond donors (Lipinski definition) is 1. The summed E-state index contributed by atoms with van der Waals surface area (Å²) >= 11 is 0. The van der Waals surface area contributed by atoms with Crippen molar-refractivity contribution in [2.75, 3.05) is 6.54 Å². The van der Waals surface area contributed by atoms with Crippen LogP contribution in [0.3, 0.4) is 0 Å². The molecule has 2 rings (SSSR count). The summed E-state index contributed by atoms with van der Waals surface area (Å²) in [6, 6.07) is -0.234. The fraction of sp³-hybridized carbons (Fsp3) is 0.875. The zero-order valence-electron chi connectivity index (χ0n) is 6.94. The van der Waals surface area contributed by atoms with Crippen LogP contribution >= 0.6 is 9.39 Å². The quantitative estimate of drug-likeness (QED) is 0.621. The molecule has 68 valence electrons. The summed E-state index contributed by atoms with van der Waals surface area (Å²) in [7, 11) is 2.54. The van der Waals surface area contributed by atoms with Crippen molar-refractivity contribution in [1.82, 2.24) is 4.67 Å². The van der Waals surface area contributed by atoms with E-state index in [4.69, 9.17) is 5.11 Å². The van der Waals surface area contributed by atoms with Crippen LogP contribution in [0.15, 0.2) is 0 Å². The van der Waals surface area contributed by atoms with Gasteiger partial charge in [-0.05, 0) is 24.7 Å². The van der Waals surface area contributed by atoms with Crippen LogP contribution in [0.5, 0.6) is 0 Å². The third kappa shape index (κ3) is 1.16. The van der Waals surface area contributed by atoms with E-state index in [0.717, 1.165) is 13.0 Å². The molecule has 1 aliphatic heterocycles. The number of carboxylic acid groups (broad SMARTS) is 1. The molecule has 0 amide bonds. The zero-order chi connectivity index (χ0) is 8.72. The second kappa shape index (κ2) is 2.97. The third-order valence-electron chi connectivity index (χ3n) is 3.18. The summed E-state index contributed by atoms with van der Waals surface area (Å²) in [4.78, 5) is 10.9. The predicted octanol–water partition coefficient (Wildman–Crippen LogP) is 0.962. The van der Waals surface area contributed by atoms with Crippen LogP contribution in [0.4, 0.5) is 0 Å². The lowest BCUT2D eigenvalue weighted by atomic mass is 9.94. The number of nitrogens with zero attached hydrogens (tertiary/aromatic N) is 1. The van der Waals surface area contributed by atoms with E-state index in [0.29, 0.717) is 11.8 Å². The molecule has 0 bridgehead atoms. The molecule has 0 aromatic rings. The lowest BCUT2D eigenvalue weighted by Gasteiger charge is -2.18. The van der Waals surface area contributed by atoms with Crippen LogP contribution in [0.1, 0.15) is 19.3 Å². The minimum absolute atomic E-state index is 0.234. The van der Waals surface area contributed by atoms with Crippen molar-refractivity contribution in [1.29, 1.82) is 0 Å². The van der Waals surface area contributed by atoms with Crippen molar-refractivity contribution < 1.29 is 9.90 Å². The lowest BCUT2D eigenvalue weighted by molar-refractivity contribution is -0.141. The molecule has 2 unspecified atom stereocenters. The molecule has 0 radical (unpaired) electrons. The van der Waals surface area contributed by atoms with Crippen LogP contribution < -0.4 is 0 Å². The molecule has 2 fully saturated rings. The summed E-state index contributed by atoms with van der Waals surface area (Å²) in [6.45, 7) is 0.951. The van der Waals surface area contributed by atoms with Gasteiger partial charge in [0.25, 0.3) is 0 Å². The smallest absolute Gasteiger partial charge is 0.321 e. The van der Waals surface area contributed by atoms with Gasteiger partial charge >= 0.3 is 5.97 Å². The Morgan fingerprint density at radius 2 is 2.25 bits per heavy atom. The Labute approximate surface area is 74.4 Å². The number of carboxylic acids is 1. The van der Waals surface area contributed by atoms with Gasteiger partial charge in [0.15, 0.2) is 0 Å². The SMILES string of the molecule is O=C(O)C1[C@H]2CCC[C@H]2CN1P. The average Bonchev–Trinajstić information content (AvgIpc) is 2.44. The number of carbonyl (C=O) groups is 1. The molecule has 4 atom stereocenters. The number of hydrogen-bond acceptors (Lipinski definition) is 2. The zero-order valence-corrected chi connectivity index (χ0v) is 8.10. The minimum Gasteiger partial charge on any atom is -0.480 e. The first kappa shape index (κ1) is 8.46. The van der Waals surface area contributed by atoms with Gasteiger partial charge in [-0.15, -0.1) is 0 Å². The van der Waals surface area contributed by atoms with E-state index in [-0.39, 0.29) is 6.04 Å². The summed E-state index contributed by atoms with van der Waals surface area (Å²) in [6.07, 6.45) is 3.55. The third-order valence-corrected chi connectivity index (χ3v) is 3.71. The van der Waals surface area contributed by atoms with Gasteiger partial charge in [0.1, 0.15) is 6.04 Å². The highest BCUT2D eigenvalue weighted by Gasteiger charge is 2.46. The molecular weight excluding hydrogens is 173 g/mol. The van der Waals surface area contributed by atoms with Crippen molar-refractivity contribution in [3.63, 3.8) is 0 Å². The summed E-state index contributed by atoms with van der Waals surface area (Å²) < 4.78 is 1.91. The van der Waals surface area contributed by atoms with E-state index in [9.17, 15) is 4.79 Å². The summed E-state index contributed by atoms with van der Waals surface area (Å²) in [5.41, 5.74) is 0. The van der Waals surface area contributed by atoms with Gasteiger partial charge < -0.3 is 5.11 Å². The van der Waals surface area contributed by atoms with Crippen LogP contribution in [0.25, 0.3) is 0 Å². The Bertz CT molecular complexity index is 209. The van der Waals surface area contributed by atoms with Crippen LogP contribution in [0.2, 0.25) is 0 Å². The normalized spacial score (nSPS) is 41.6. The van der Waals surface area contributed by atoms with E-state index in [2.05, 4.69) is 9.39 Å². The molecule has 4 heteroatoms. The lowest BCUT2D eigenvalue weighted by Crippen LogP contribution is -2.33. The fourth-order valence-electron chi connectivity index (χ4n) is 2.66. The molecule has 3 nitrogen and oxygen atoms in total. The highest BCUT2D eigenvalue weighted by molar-refractivity contribution is 7.13. The topological polar surface area (TPSA) is 40.5 Å². The standard InChI is InChI=1S/C8H14NO2P/c10-8(11)7-6-3-1-2-5(6)4-9(7)12/h5-7H,1-4,12H2,(H,10,11)/t5-,6-,7?/m0/s1. The molecule has 0 spiro atoms. The highest BCUT2D eigenvalue weighted by atomic mass is 31.0. The Hall–Kier alpha value is -0.140. The molecule has 0 aromatic carbocycles. The van der Waals surface area contributed by atoms with Crippen molar-refractivity contribution >= 4 is 15.4 Å². The van der Waals surface area contributed by atoms with E-state index >= 15 is 0 Å². The van der Waals surface area contributed by atoms with Crippen LogP contribution in [-0.4, -0.2) is 28.3 Å². The predicted molar refractivity (Wildman–Crippen MR) is 48.7 cm³/mol. The van der Waals surface area contributed by atoms with Crippen LogP contribution in [0, 0.1) is 11.8 Å². The molecular formula is C8H14NO2P. The minimum atomic E-state index is -0.653. The first-order valence-corrected chi connectivity index (χ1v) is 4.96. The molecule has 0 aromatic heterocycles. The van der Waals surface area contributed by atoms with Gasteiger partial charge in [-0.25, -0.2) is 0 Å². The van der Waals surface area contributed by atoms with E-state index in [1.165, 1.54) is 12.8 Å². The second-order valence-corrected chi connectivity index (χ2v) is 4.50. The first-order valence-electron chi connectivity index (χ1n) is 4.44. The Balaban J connectivity index is 2.15. The number of rotatable bonds is 1. The average molecular weight is 187 g/mol. The van der Waals surface area contributed by atoms with Crippen molar-refractivity contribution in [3.8, 4) is 0 Å². The first-order chi connectivity index (χ1) is 5.70. The van der Waals surface area contributed by atoms with Gasteiger partial charge in [-0.3, -0.25) is 9.46 Å². The fourth-order valence-corrected chi connectivity index (χ4v) is 3.28. The molecule has 1 heterocycles. The second-order valence-electron chi connectivity index (χ2n) is 3.83. The van der Waals surface area contributed by atoms with Crippen molar-refractivity contribution in [2.24, 2.45) is 11.8 Å². The van der Waals surface area contributed by atoms with Gasteiger partial charge in [-0.1, -0.05) is 15.8 Å². The maximum Gasteiger partial charge on any atom is 0.321 e. The largest absolute Gasteiger partial charge is 0.480 e. The van der Waals surface area contributed by atoms with Gasteiger partial charge in [0.2, 0.25) is 0 Å². The Morgan fingerprint density at radius 1 is 1.50 bits per heavy atom. The van der Waals surface area contributed by atoms with Crippen molar-refractivity contribution in [2.45, 2.75) is 25.3 Å². The molecule has 1 aliphatic carbocycles. The van der Waals surface area contributed by atoms with Crippen LogP contribution in [-0.2, 0) is 4.79 Å². The number of aliphatic carboxylic acids is 1. The van der Waals surface area contributed by atoms with E-state index < -0.39 is 5.97 Å². The highest BCUT2D eigenvalue weighted by Crippen LogP contribution is 2.43. The van der Waals surface area contributed by atoms with Crippen molar-refractivity contribution in [3.05, 3.63) is 0 Å². The van der Waals surface area contributed by atoms with Gasteiger partial charge in [0.05, 0.1) is 0 Å². The Kier molecular flexibility index (Phi) is 2.09. The molecule has 1 N–H and O–H groups in total. The maximum atomic E-state index is 10.9. The van der Waals surface area contributed by atoms with Gasteiger partial charge in [-0.2, -0.15) is 0 Å². The van der Waals surface area contributed by atoms with E-state index in [1.807, 2.05) is 4.67 Å². The maximum absolute atomic E-state index is 10.9. The Morgan fingerprint density at radius 3 is 2.92 bits per heavy atom. The molecule has 1 saturated heterocycles. The summed E-state index contributed by atoms with van der Waals surface area (Å²) in [5, 5.41) is 8.98.